The number of piperidine rings is 2. The van der Waals surface area contributed by atoms with Crippen LogP contribution in [0.25, 0.3) is 0 Å². The van der Waals surface area contributed by atoms with Crippen molar-refractivity contribution >= 4 is 47.5 Å². The molecule has 1 saturated carbocycles. The van der Waals surface area contributed by atoms with Gasteiger partial charge in [0.25, 0.3) is 0 Å². The van der Waals surface area contributed by atoms with Gasteiger partial charge in [-0.2, -0.15) is 0 Å². The molecule has 6 heterocycles. The molecule has 9 aliphatic rings. The molecular weight excluding hydrogens is 843 g/mol. The zero-order chi connectivity index (χ0) is 45.1. The summed E-state index contributed by atoms with van der Waals surface area (Å²) in [5, 5.41) is 9.63. The number of fused-ring (bicyclic) bond motifs is 2. The van der Waals surface area contributed by atoms with Crippen LogP contribution in [0.1, 0.15) is 70.6 Å². The van der Waals surface area contributed by atoms with E-state index in [1.807, 2.05) is 24.2 Å². The van der Waals surface area contributed by atoms with E-state index < -0.39 is 11.0 Å². The number of nitrogens with zero attached hydrogens (tertiary/aromatic N) is 8. The lowest BCUT2D eigenvalue weighted by Gasteiger charge is -2.42. The van der Waals surface area contributed by atoms with Crippen molar-refractivity contribution in [2.45, 2.75) is 106 Å². The van der Waals surface area contributed by atoms with E-state index in [9.17, 15) is 23.4 Å². The van der Waals surface area contributed by atoms with Crippen LogP contribution in [0.3, 0.4) is 0 Å². The van der Waals surface area contributed by atoms with E-state index >= 15 is 0 Å². The summed E-state index contributed by atoms with van der Waals surface area (Å²) in [6.07, 6.45) is 23.5. The summed E-state index contributed by atoms with van der Waals surface area (Å²) in [6.45, 7) is 11.0. The average molecular weight is 914 g/mol. The zero-order valence-electron chi connectivity index (χ0n) is 38.5. The van der Waals surface area contributed by atoms with Crippen LogP contribution < -0.4 is 16.0 Å². The normalized spacial score (nSPS) is 31.0. The maximum Gasteiger partial charge on any atom is 0.231 e. The van der Waals surface area contributed by atoms with Gasteiger partial charge in [-0.3, -0.25) is 24.2 Å². The number of hydrogen-bond acceptors (Lipinski definition) is 13. The molecule has 6 fully saturated rings. The monoisotopic (exact) mass is 914 g/mol. The van der Waals surface area contributed by atoms with Crippen LogP contribution in [-0.2, 0) is 30.2 Å². The van der Waals surface area contributed by atoms with E-state index in [-0.39, 0.29) is 65.2 Å². The first kappa shape index (κ1) is 46.2. The molecule has 6 aliphatic heterocycles. The summed E-state index contributed by atoms with van der Waals surface area (Å²) in [5.41, 5.74) is 2.78. The Balaban J connectivity index is 0.681. The third kappa shape index (κ3) is 10.2. The second-order valence-corrected chi connectivity index (χ2v) is 21.7. The molecule has 1 spiro atoms. The van der Waals surface area contributed by atoms with Gasteiger partial charge < -0.3 is 35.4 Å². The third-order valence-corrected chi connectivity index (χ3v) is 17.8. The minimum absolute atomic E-state index is 0.0199. The molecule has 16 nitrogen and oxygen atoms in total. The number of carbonyl (C=O) groups excluding carboxylic acids is 4. The number of rotatable bonds is 16. The summed E-state index contributed by atoms with van der Waals surface area (Å²) >= 11 is 0. The van der Waals surface area contributed by atoms with Crippen molar-refractivity contribution in [2.75, 3.05) is 92.6 Å². The first-order valence-corrected chi connectivity index (χ1v) is 25.7. The Bertz CT molecular complexity index is 1990. The van der Waals surface area contributed by atoms with Gasteiger partial charge in [-0.15, -0.1) is 0 Å². The van der Waals surface area contributed by atoms with Crippen LogP contribution in [0.4, 0.5) is 0 Å². The molecule has 3 N–H and O–H groups in total. The number of carbonyl (C=O) groups is 4. The van der Waals surface area contributed by atoms with Gasteiger partial charge in [-0.1, -0.05) is 24.3 Å². The van der Waals surface area contributed by atoms with Crippen molar-refractivity contribution in [3.05, 3.63) is 47.2 Å². The van der Waals surface area contributed by atoms with Crippen molar-refractivity contribution in [2.24, 2.45) is 27.2 Å². The average Bonchev–Trinajstić information content (AvgIpc) is 3.90. The lowest BCUT2D eigenvalue weighted by molar-refractivity contribution is -0.135. The Morgan fingerprint density at radius 3 is 2.51 bits per heavy atom. The topological polar surface area (TPSA) is 166 Å². The Kier molecular flexibility index (Phi) is 14.6. The van der Waals surface area contributed by atoms with Gasteiger partial charge in [0.05, 0.1) is 16.7 Å². The molecule has 3 aliphatic carbocycles. The van der Waals surface area contributed by atoms with Gasteiger partial charge in [-0.05, 0) is 88.9 Å². The van der Waals surface area contributed by atoms with Crippen LogP contribution >= 0.6 is 0 Å². The molecule has 0 aromatic rings. The quantitative estimate of drug-likeness (QED) is 0.192. The maximum absolute atomic E-state index is 14.0. The van der Waals surface area contributed by atoms with E-state index in [1.165, 1.54) is 5.70 Å². The minimum Gasteiger partial charge on any atom is -0.375 e. The minimum atomic E-state index is -1.10. The molecule has 5 saturated heterocycles. The molecular formula is C48H71N11O5S. The van der Waals surface area contributed by atoms with Gasteiger partial charge in [0.15, 0.2) is 0 Å². The van der Waals surface area contributed by atoms with E-state index in [0.29, 0.717) is 30.4 Å². The van der Waals surface area contributed by atoms with E-state index in [4.69, 9.17) is 9.98 Å². The number of likely N-dealkylation sites (N-methyl/N-ethyl adjacent to an activating group) is 1. The first-order valence-electron chi connectivity index (χ1n) is 24.5. The number of amides is 2. The fraction of sp³-hybridized carbons (Fsp3) is 0.708. The fourth-order valence-corrected chi connectivity index (χ4v) is 13.3. The van der Waals surface area contributed by atoms with Gasteiger partial charge in [0.2, 0.25) is 17.8 Å². The third-order valence-electron chi connectivity index (χ3n) is 16.1. The molecule has 0 aromatic heterocycles. The number of guanidine groups is 1. The molecule has 7 unspecified atom stereocenters. The highest BCUT2D eigenvalue weighted by atomic mass is 32.2. The Morgan fingerprint density at radius 1 is 1.03 bits per heavy atom. The van der Waals surface area contributed by atoms with E-state index in [2.05, 4.69) is 64.2 Å². The molecule has 0 radical (unpaired) electrons. The SMILES string of the molecule is CNC(=O)CCC(C=O)N(C)CC1=C(C=O)C=CC(N2CCN(CC3CCN(C4=CC=CC(S(=O)N5CCC(NC6=NC7C(C=N6)C6(CC6)C(=O)N7C6CCNC6)CC5)C4)CC3)CC2)C1. The summed E-state index contributed by atoms with van der Waals surface area (Å²) in [4.78, 5) is 70.8. The summed E-state index contributed by atoms with van der Waals surface area (Å²) in [7, 11) is 2.39. The van der Waals surface area contributed by atoms with E-state index in [1.54, 1.807) is 7.05 Å². The lowest BCUT2D eigenvalue weighted by atomic mass is 9.91. The summed E-state index contributed by atoms with van der Waals surface area (Å²) in [6, 6.07) is 0.257. The van der Waals surface area contributed by atoms with Gasteiger partial charge in [0.1, 0.15) is 29.7 Å². The van der Waals surface area contributed by atoms with Crippen LogP contribution in [0.5, 0.6) is 0 Å². The highest BCUT2D eigenvalue weighted by Crippen LogP contribution is 2.60. The number of aliphatic imine (C=N–C) groups is 2. The molecule has 0 aromatic carbocycles. The molecule has 65 heavy (non-hydrogen) atoms. The van der Waals surface area contributed by atoms with Crippen molar-refractivity contribution < 1.29 is 23.4 Å². The summed E-state index contributed by atoms with van der Waals surface area (Å²) in [5.74, 6) is 1.57. The van der Waals surface area contributed by atoms with Crippen LogP contribution in [0, 0.1) is 17.3 Å². The number of likely N-dealkylation sites (tertiary alicyclic amines) is 2. The predicted octanol–water partition coefficient (Wildman–Crippen LogP) is 1.46. The fourth-order valence-electron chi connectivity index (χ4n) is 11.8. The van der Waals surface area contributed by atoms with E-state index in [0.717, 1.165) is 148 Å². The Labute approximate surface area is 387 Å². The number of hydrogen-bond donors (Lipinski definition) is 3. The van der Waals surface area contributed by atoms with Crippen molar-refractivity contribution in [1.82, 2.24) is 44.8 Å². The molecule has 9 rings (SSSR count). The largest absolute Gasteiger partial charge is 0.375 e. The van der Waals surface area contributed by atoms with Crippen molar-refractivity contribution in [1.29, 1.82) is 0 Å². The standard InChI is InChI=1S/C48H71N11O5S/c1-49-44(62)9-8-41(33-61)54(2)31-36-26-39(7-6-35(36)32-60)57-24-22-55(23-25-57)30-34-11-18-56(19-12-34)38-4-3-5-42(27-38)65(64)58-20-13-37(14-21-58)52-47-51-29-43-45(53-47)59(40-10-17-50-28-40)46(63)48(43)15-16-48/h3-7,29,32-34,37,39-43,45,50H,8-28,30-31H2,1-2H3,(H,49,62)(H,52,53). The van der Waals surface area contributed by atoms with Crippen LogP contribution in [0.15, 0.2) is 57.2 Å². The second kappa shape index (κ2) is 20.6. The van der Waals surface area contributed by atoms with Gasteiger partial charge in [-0.25, -0.2) is 18.5 Å². The number of piperazine rings is 1. The molecule has 354 valence electrons. The molecule has 2 amide bonds. The van der Waals surface area contributed by atoms with Crippen molar-refractivity contribution in [3.8, 4) is 0 Å². The second-order valence-electron chi connectivity index (χ2n) is 20.0. The van der Waals surface area contributed by atoms with Crippen LogP contribution in [-0.4, -0.2) is 198 Å². The summed E-state index contributed by atoms with van der Waals surface area (Å²) < 4.78 is 16.2. The number of allylic oxidation sites excluding steroid dienone is 5. The van der Waals surface area contributed by atoms with Gasteiger partial charge in [0, 0.05) is 133 Å². The smallest absolute Gasteiger partial charge is 0.231 e. The maximum atomic E-state index is 14.0. The molecule has 7 atom stereocenters. The first-order chi connectivity index (χ1) is 31.7. The molecule has 17 heteroatoms. The zero-order valence-corrected chi connectivity index (χ0v) is 39.3. The Hall–Kier alpha value is -3.87. The number of aldehydes is 2. The predicted molar refractivity (Wildman–Crippen MR) is 253 cm³/mol. The number of nitrogens with one attached hydrogen (secondary N) is 3. The lowest BCUT2D eigenvalue weighted by Crippen LogP contribution is -2.52. The van der Waals surface area contributed by atoms with Gasteiger partial charge >= 0.3 is 0 Å². The van der Waals surface area contributed by atoms with Crippen LogP contribution in [0.2, 0.25) is 0 Å². The highest BCUT2D eigenvalue weighted by molar-refractivity contribution is 7.83. The van der Waals surface area contributed by atoms with Crippen molar-refractivity contribution in [3.63, 3.8) is 0 Å². The highest BCUT2D eigenvalue weighted by Gasteiger charge is 2.67. The molecule has 0 bridgehead atoms. The Morgan fingerprint density at radius 2 is 1.82 bits per heavy atom.